The third kappa shape index (κ3) is 3.95. The largest absolute Gasteiger partial charge is 0.378 e. The van der Waals surface area contributed by atoms with Gasteiger partial charge in [-0.2, -0.15) is 0 Å². The fraction of sp³-hybridized carbons (Fsp3) is 0.538. The van der Waals surface area contributed by atoms with E-state index in [2.05, 4.69) is 28.2 Å². The number of nitrogens with one attached hydrogen (secondary N) is 1. The molecular formula is C13H17BrClNO. The van der Waals surface area contributed by atoms with Gasteiger partial charge in [-0.05, 0) is 43.5 Å². The molecule has 1 aromatic rings. The van der Waals surface area contributed by atoms with E-state index in [4.69, 9.17) is 16.3 Å². The summed E-state index contributed by atoms with van der Waals surface area (Å²) in [4.78, 5) is 0. The molecule has 0 aliphatic carbocycles. The van der Waals surface area contributed by atoms with Crippen molar-refractivity contribution in [1.29, 1.82) is 0 Å². The second kappa shape index (κ2) is 6.19. The van der Waals surface area contributed by atoms with Crippen molar-refractivity contribution >= 4 is 27.5 Å². The molecule has 1 heterocycles. The number of hydrogen-bond donors (Lipinski definition) is 1. The van der Waals surface area contributed by atoms with Crippen LogP contribution in [0.4, 0.5) is 0 Å². The van der Waals surface area contributed by atoms with E-state index >= 15 is 0 Å². The normalized spacial score (nSPS) is 24.9. The van der Waals surface area contributed by atoms with Crippen LogP contribution in [0.2, 0.25) is 5.02 Å². The lowest BCUT2D eigenvalue weighted by atomic mass is 10.0. The summed E-state index contributed by atoms with van der Waals surface area (Å²) < 4.78 is 6.64. The summed E-state index contributed by atoms with van der Waals surface area (Å²) in [6.07, 6.45) is 2.53. The van der Waals surface area contributed by atoms with Gasteiger partial charge >= 0.3 is 0 Å². The maximum atomic E-state index is 5.99. The molecular weight excluding hydrogens is 302 g/mol. The van der Waals surface area contributed by atoms with E-state index in [-0.39, 0.29) is 0 Å². The monoisotopic (exact) mass is 317 g/mol. The molecule has 0 spiro atoms. The lowest BCUT2D eigenvalue weighted by molar-refractivity contribution is 0.0130. The van der Waals surface area contributed by atoms with Crippen LogP contribution in [0, 0.1) is 0 Å². The van der Waals surface area contributed by atoms with Crippen molar-refractivity contribution in [3.8, 4) is 0 Å². The first kappa shape index (κ1) is 13.3. The third-order valence-electron chi connectivity index (χ3n) is 3.07. The quantitative estimate of drug-likeness (QED) is 0.916. The van der Waals surface area contributed by atoms with Crippen LogP contribution in [-0.2, 0) is 11.3 Å². The van der Waals surface area contributed by atoms with Crippen LogP contribution in [0.5, 0.6) is 0 Å². The zero-order valence-electron chi connectivity index (χ0n) is 9.88. The SMILES string of the molecule is CC1CC(NCc2cc(Cl)ccc2Br)CCO1. The summed E-state index contributed by atoms with van der Waals surface area (Å²) in [6, 6.07) is 6.43. The molecule has 0 saturated carbocycles. The highest BCUT2D eigenvalue weighted by atomic mass is 79.9. The molecule has 2 rings (SSSR count). The fourth-order valence-corrected chi connectivity index (χ4v) is 2.70. The number of benzene rings is 1. The molecule has 94 valence electrons. The molecule has 1 N–H and O–H groups in total. The van der Waals surface area contributed by atoms with Crippen LogP contribution in [0.3, 0.4) is 0 Å². The predicted octanol–water partition coefficient (Wildman–Crippen LogP) is 3.76. The minimum atomic E-state index is 0.365. The van der Waals surface area contributed by atoms with Crippen molar-refractivity contribution in [1.82, 2.24) is 5.32 Å². The van der Waals surface area contributed by atoms with E-state index in [1.165, 1.54) is 5.56 Å². The fourth-order valence-electron chi connectivity index (χ4n) is 2.12. The highest BCUT2D eigenvalue weighted by Gasteiger charge is 2.18. The number of rotatable bonds is 3. The van der Waals surface area contributed by atoms with Gasteiger partial charge < -0.3 is 10.1 Å². The Kier molecular flexibility index (Phi) is 4.86. The molecule has 0 radical (unpaired) electrons. The second-order valence-electron chi connectivity index (χ2n) is 4.52. The predicted molar refractivity (Wildman–Crippen MR) is 74.4 cm³/mol. The van der Waals surface area contributed by atoms with Gasteiger partial charge in [-0.25, -0.2) is 0 Å². The molecule has 1 aromatic carbocycles. The van der Waals surface area contributed by atoms with E-state index in [1.54, 1.807) is 0 Å². The summed E-state index contributed by atoms with van der Waals surface area (Å²) in [5.74, 6) is 0. The van der Waals surface area contributed by atoms with Crippen LogP contribution in [0.25, 0.3) is 0 Å². The molecule has 1 aliphatic heterocycles. The Bertz CT molecular complexity index is 386. The lowest BCUT2D eigenvalue weighted by Gasteiger charge is -2.28. The Morgan fingerprint density at radius 2 is 2.35 bits per heavy atom. The molecule has 0 bridgehead atoms. The van der Waals surface area contributed by atoms with Crippen LogP contribution in [0.1, 0.15) is 25.3 Å². The Morgan fingerprint density at radius 3 is 3.12 bits per heavy atom. The Labute approximate surface area is 116 Å². The molecule has 4 heteroatoms. The van der Waals surface area contributed by atoms with Gasteiger partial charge in [0.25, 0.3) is 0 Å². The van der Waals surface area contributed by atoms with Crippen molar-refractivity contribution in [2.75, 3.05) is 6.61 Å². The van der Waals surface area contributed by atoms with Gasteiger partial charge in [0.1, 0.15) is 0 Å². The van der Waals surface area contributed by atoms with E-state index in [1.807, 2.05) is 18.2 Å². The standard InChI is InChI=1S/C13H17BrClNO/c1-9-6-12(4-5-17-9)16-8-10-7-11(15)2-3-13(10)14/h2-3,7,9,12,16H,4-6,8H2,1H3. The van der Waals surface area contributed by atoms with Crippen molar-refractivity contribution in [3.05, 3.63) is 33.3 Å². The van der Waals surface area contributed by atoms with Gasteiger partial charge in [-0.1, -0.05) is 27.5 Å². The molecule has 1 fully saturated rings. The molecule has 2 nitrogen and oxygen atoms in total. The summed E-state index contributed by atoms with van der Waals surface area (Å²) in [6.45, 7) is 3.83. The molecule has 0 amide bonds. The van der Waals surface area contributed by atoms with Gasteiger partial charge in [0.2, 0.25) is 0 Å². The lowest BCUT2D eigenvalue weighted by Crippen LogP contribution is -2.37. The maximum Gasteiger partial charge on any atom is 0.0561 e. The van der Waals surface area contributed by atoms with E-state index in [0.29, 0.717) is 12.1 Å². The molecule has 0 aromatic heterocycles. The average Bonchev–Trinajstić information content (AvgIpc) is 2.30. The first-order chi connectivity index (χ1) is 8.15. The molecule has 2 unspecified atom stereocenters. The minimum Gasteiger partial charge on any atom is -0.378 e. The number of halogens is 2. The van der Waals surface area contributed by atoms with Crippen molar-refractivity contribution in [3.63, 3.8) is 0 Å². The van der Waals surface area contributed by atoms with E-state index in [0.717, 1.165) is 35.5 Å². The zero-order valence-corrected chi connectivity index (χ0v) is 12.2. The summed E-state index contributed by atoms with van der Waals surface area (Å²) in [5.41, 5.74) is 1.21. The van der Waals surface area contributed by atoms with Gasteiger partial charge in [0.15, 0.2) is 0 Å². The van der Waals surface area contributed by atoms with Crippen LogP contribution < -0.4 is 5.32 Å². The minimum absolute atomic E-state index is 0.365. The Balaban J connectivity index is 1.90. The summed E-state index contributed by atoms with van der Waals surface area (Å²) in [5, 5.41) is 4.35. The zero-order chi connectivity index (χ0) is 12.3. The maximum absolute atomic E-state index is 5.99. The number of ether oxygens (including phenoxy) is 1. The van der Waals surface area contributed by atoms with E-state index in [9.17, 15) is 0 Å². The van der Waals surface area contributed by atoms with Crippen LogP contribution >= 0.6 is 27.5 Å². The third-order valence-corrected chi connectivity index (χ3v) is 4.08. The highest BCUT2D eigenvalue weighted by Crippen LogP contribution is 2.22. The molecule has 2 atom stereocenters. The summed E-state index contributed by atoms with van der Waals surface area (Å²) in [7, 11) is 0. The van der Waals surface area contributed by atoms with Gasteiger partial charge in [-0.3, -0.25) is 0 Å². The highest BCUT2D eigenvalue weighted by molar-refractivity contribution is 9.10. The van der Waals surface area contributed by atoms with Crippen molar-refractivity contribution < 1.29 is 4.74 Å². The molecule has 1 aliphatic rings. The number of hydrogen-bond acceptors (Lipinski definition) is 2. The van der Waals surface area contributed by atoms with Crippen LogP contribution in [0.15, 0.2) is 22.7 Å². The smallest absolute Gasteiger partial charge is 0.0561 e. The molecule has 17 heavy (non-hydrogen) atoms. The van der Waals surface area contributed by atoms with Gasteiger partial charge in [0, 0.05) is 28.7 Å². The topological polar surface area (TPSA) is 21.3 Å². The van der Waals surface area contributed by atoms with E-state index < -0.39 is 0 Å². The van der Waals surface area contributed by atoms with Crippen molar-refractivity contribution in [2.45, 2.75) is 38.5 Å². The Morgan fingerprint density at radius 1 is 1.53 bits per heavy atom. The van der Waals surface area contributed by atoms with Crippen molar-refractivity contribution in [2.24, 2.45) is 0 Å². The van der Waals surface area contributed by atoms with Gasteiger partial charge in [0.05, 0.1) is 6.10 Å². The first-order valence-electron chi connectivity index (χ1n) is 5.94. The average molecular weight is 319 g/mol. The second-order valence-corrected chi connectivity index (χ2v) is 5.81. The first-order valence-corrected chi connectivity index (χ1v) is 7.11. The Hall–Kier alpha value is -0.0900. The molecule has 1 saturated heterocycles. The van der Waals surface area contributed by atoms with Gasteiger partial charge in [-0.15, -0.1) is 0 Å². The van der Waals surface area contributed by atoms with Crippen LogP contribution in [-0.4, -0.2) is 18.8 Å². The summed E-state index contributed by atoms with van der Waals surface area (Å²) >= 11 is 9.54.